The van der Waals surface area contributed by atoms with E-state index < -0.39 is 0 Å². The van der Waals surface area contributed by atoms with Crippen LogP contribution in [0.2, 0.25) is 0 Å². The van der Waals surface area contributed by atoms with E-state index in [0.29, 0.717) is 5.92 Å². The zero-order valence-electron chi connectivity index (χ0n) is 20.2. The third-order valence-corrected chi connectivity index (χ3v) is 8.90. The summed E-state index contributed by atoms with van der Waals surface area (Å²) in [5.74, 6) is 1.58. The van der Waals surface area contributed by atoms with Crippen molar-refractivity contribution in [2.75, 3.05) is 0 Å². The fourth-order valence-electron chi connectivity index (χ4n) is 7.20. The van der Waals surface area contributed by atoms with Crippen LogP contribution in [0.4, 0.5) is 0 Å². The summed E-state index contributed by atoms with van der Waals surface area (Å²) >= 11 is 0. The van der Waals surface area contributed by atoms with E-state index in [2.05, 4.69) is 55.1 Å². The molecule has 2 aromatic carbocycles. The first-order valence-corrected chi connectivity index (χ1v) is 13.5. The number of hydrogen-bond donors (Lipinski definition) is 0. The number of hydrogen-bond acceptors (Lipinski definition) is 0. The number of allylic oxidation sites excluding steroid dienone is 5. The molecule has 0 saturated heterocycles. The number of fused-ring (bicyclic) bond motifs is 2. The van der Waals surface area contributed by atoms with Gasteiger partial charge in [-0.15, -0.1) is 0 Å². The number of rotatable bonds is 6. The molecule has 4 aliphatic carbocycles. The van der Waals surface area contributed by atoms with Crippen LogP contribution in [0.15, 0.2) is 66.3 Å². The maximum atomic E-state index is 4.57. The molecular weight excluding hydrogens is 396 g/mol. The molecule has 0 amide bonds. The second-order valence-corrected chi connectivity index (χ2v) is 11.1. The Kier molecular flexibility index (Phi) is 5.87. The summed E-state index contributed by atoms with van der Waals surface area (Å²) in [4.78, 5) is 0. The molecule has 6 rings (SSSR count). The van der Waals surface area contributed by atoms with Gasteiger partial charge in [-0.2, -0.15) is 0 Å². The van der Waals surface area contributed by atoms with Crippen molar-refractivity contribution in [3.8, 4) is 0 Å². The zero-order valence-corrected chi connectivity index (χ0v) is 20.2. The van der Waals surface area contributed by atoms with Crippen molar-refractivity contribution < 1.29 is 0 Å². The molecule has 1 saturated carbocycles. The van der Waals surface area contributed by atoms with E-state index in [1.807, 2.05) is 0 Å². The molecule has 0 heteroatoms. The van der Waals surface area contributed by atoms with Crippen LogP contribution in [-0.2, 0) is 32.1 Å². The average Bonchev–Trinajstić information content (AvgIpc) is 3.58. The minimum Gasteiger partial charge on any atom is -0.0949 e. The summed E-state index contributed by atoms with van der Waals surface area (Å²) in [6.07, 6.45) is 21.8. The molecule has 0 spiro atoms. The second kappa shape index (κ2) is 9.13. The molecule has 33 heavy (non-hydrogen) atoms. The lowest BCUT2D eigenvalue weighted by molar-refractivity contribution is 0.356. The largest absolute Gasteiger partial charge is 0.0949 e. The van der Waals surface area contributed by atoms with E-state index in [1.54, 1.807) is 39.0 Å². The van der Waals surface area contributed by atoms with Crippen molar-refractivity contribution in [1.82, 2.24) is 0 Å². The first-order valence-electron chi connectivity index (χ1n) is 13.5. The van der Waals surface area contributed by atoms with Crippen LogP contribution < -0.4 is 0 Å². The fourth-order valence-corrected chi connectivity index (χ4v) is 7.20. The van der Waals surface area contributed by atoms with E-state index in [1.165, 1.54) is 81.8 Å². The highest BCUT2D eigenvalue weighted by atomic mass is 14.3. The molecule has 0 nitrogen and oxygen atoms in total. The smallest absolute Gasteiger partial charge is 0.00259 e. The van der Waals surface area contributed by atoms with Gasteiger partial charge in [0.25, 0.3) is 0 Å². The molecule has 0 heterocycles. The molecule has 0 radical (unpaired) electrons. The molecule has 2 aromatic rings. The van der Waals surface area contributed by atoms with E-state index in [4.69, 9.17) is 0 Å². The molecule has 0 aliphatic heterocycles. The van der Waals surface area contributed by atoms with Gasteiger partial charge in [-0.1, -0.05) is 87.2 Å². The Morgan fingerprint density at radius 1 is 0.848 bits per heavy atom. The standard InChI is InChI=1S/C33H38/c1-23(31-13-5-10-26-11-6-15-33(26)31)18-28-12-7-14-32(28)30-21-27-17-16-25(20-29(27)22-30)19-24-8-3-2-4-9-24/h5,10,12-14,16-17,20,24,30H,1-4,6-9,11,15,18-19,21-22H2. The van der Waals surface area contributed by atoms with Crippen LogP contribution in [0.3, 0.4) is 0 Å². The predicted octanol–water partition coefficient (Wildman–Crippen LogP) is 8.37. The van der Waals surface area contributed by atoms with Gasteiger partial charge in [0, 0.05) is 0 Å². The van der Waals surface area contributed by atoms with Gasteiger partial charge in [-0.3, -0.25) is 0 Å². The Morgan fingerprint density at radius 3 is 2.64 bits per heavy atom. The Morgan fingerprint density at radius 2 is 1.73 bits per heavy atom. The maximum Gasteiger partial charge on any atom is -0.00259 e. The van der Waals surface area contributed by atoms with Gasteiger partial charge >= 0.3 is 0 Å². The molecule has 170 valence electrons. The molecule has 0 N–H and O–H groups in total. The molecule has 0 aromatic heterocycles. The third-order valence-electron chi connectivity index (χ3n) is 8.90. The second-order valence-electron chi connectivity index (χ2n) is 11.1. The highest BCUT2D eigenvalue weighted by Crippen LogP contribution is 2.41. The molecular formula is C33H38. The van der Waals surface area contributed by atoms with Crippen molar-refractivity contribution in [1.29, 1.82) is 0 Å². The van der Waals surface area contributed by atoms with Crippen LogP contribution in [0.1, 0.15) is 84.7 Å². The average molecular weight is 435 g/mol. The number of aryl methyl sites for hydroxylation is 1. The van der Waals surface area contributed by atoms with Gasteiger partial charge in [0.05, 0.1) is 0 Å². The maximum absolute atomic E-state index is 4.57. The quantitative estimate of drug-likeness (QED) is 0.428. The van der Waals surface area contributed by atoms with Crippen molar-refractivity contribution in [3.63, 3.8) is 0 Å². The van der Waals surface area contributed by atoms with Gasteiger partial charge < -0.3 is 0 Å². The van der Waals surface area contributed by atoms with Crippen LogP contribution in [0, 0.1) is 11.8 Å². The lowest BCUT2D eigenvalue weighted by atomic mass is 9.84. The lowest BCUT2D eigenvalue weighted by Gasteiger charge is -2.21. The summed E-state index contributed by atoms with van der Waals surface area (Å²) in [5.41, 5.74) is 13.9. The summed E-state index contributed by atoms with van der Waals surface area (Å²) in [7, 11) is 0. The summed E-state index contributed by atoms with van der Waals surface area (Å²) < 4.78 is 0. The summed E-state index contributed by atoms with van der Waals surface area (Å²) in [6, 6.07) is 14.3. The highest BCUT2D eigenvalue weighted by molar-refractivity contribution is 5.71. The third kappa shape index (κ3) is 4.30. The van der Waals surface area contributed by atoms with Crippen LogP contribution in [0.25, 0.3) is 5.57 Å². The Labute approximate surface area is 200 Å². The van der Waals surface area contributed by atoms with Gasteiger partial charge in [-0.25, -0.2) is 0 Å². The molecule has 0 bridgehead atoms. The number of benzene rings is 2. The van der Waals surface area contributed by atoms with Gasteiger partial charge in [0.15, 0.2) is 0 Å². The lowest BCUT2D eigenvalue weighted by Crippen LogP contribution is -2.09. The zero-order chi connectivity index (χ0) is 22.2. The Balaban J connectivity index is 1.13. The molecule has 1 unspecified atom stereocenters. The van der Waals surface area contributed by atoms with E-state index in [-0.39, 0.29) is 0 Å². The van der Waals surface area contributed by atoms with Gasteiger partial charge in [0.1, 0.15) is 0 Å². The topological polar surface area (TPSA) is 0 Å². The van der Waals surface area contributed by atoms with E-state index >= 15 is 0 Å². The van der Waals surface area contributed by atoms with Gasteiger partial charge in [-0.05, 0) is 113 Å². The highest BCUT2D eigenvalue weighted by Gasteiger charge is 2.28. The minimum absolute atomic E-state index is 0.660. The van der Waals surface area contributed by atoms with Crippen molar-refractivity contribution in [2.45, 2.75) is 83.5 Å². The van der Waals surface area contributed by atoms with Crippen LogP contribution >= 0.6 is 0 Å². The monoisotopic (exact) mass is 434 g/mol. The fraction of sp³-hybridized carbons (Fsp3) is 0.455. The SMILES string of the molecule is C=C(CC1=CCC=C1C1Cc2ccc(CC3CCCCC3)cc2C1)c1cccc2c1CCC2. The first kappa shape index (κ1) is 21.2. The Bertz CT molecular complexity index is 1120. The van der Waals surface area contributed by atoms with Crippen LogP contribution in [-0.4, -0.2) is 0 Å². The van der Waals surface area contributed by atoms with E-state index in [9.17, 15) is 0 Å². The van der Waals surface area contributed by atoms with Crippen molar-refractivity contribution in [2.24, 2.45) is 11.8 Å². The normalized spacial score (nSPS) is 22.1. The Hall–Kier alpha value is -2.34. The molecule has 4 aliphatic rings. The predicted molar refractivity (Wildman–Crippen MR) is 141 cm³/mol. The van der Waals surface area contributed by atoms with Crippen molar-refractivity contribution in [3.05, 3.63) is 99.7 Å². The van der Waals surface area contributed by atoms with Gasteiger partial charge in [0.2, 0.25) is 0 Å². The van der Waals surface area contributed by atoms with E-state index in [0.717, 1.165) is 18.8 Å². The summed E-state index contributed by atoms with van der Waals surface area (Å²) in [6.45, 7) is 4.57. The first-order chi connectivity index (χ1) is 16.2. The molecule has 1 fully saturated rings. The molecule has 1 atom stereocenters. The minimum atomic E-state index is 0.660. The van der Waals surface area contributed by atoms with Crippen molar-refractivity contribution >= 4 is 5.57 Å². The van der Waals surface area contributed by atoms with Crippen LogP contribution in [0.5, 0.6) is 0 Å². The summed E-state index contributed by atoms with van der Waals surface area (Å²) in [5, 5.41) is 0.